The highest BCUT2D eigenvalue weighted by atomic mass is 19.4. The van der Waals surface area contributed by atoms with Crippen LogP contribution in [0.4, 0.5) is 18.9 Å². The van der Waals surface area contributed by atoms with Crippen LogP contribution < -0.4 is 10.1 Å². The Morgan fingerprint density at radius 1 is 1.16 bits per heavy atom. The van der Waals surface area contributed by atoms with Gasteiger partial charge in [0.1, 0.15) is 5.75 Å². The predicted octanol–water partition coefficient (Wildman–Crippen LogP) is 3.42. The molecule has 1 N–H and O–H groups in total. The van der Waals surface area contributed by atoms with Crippen LogP contribution in [-0.2, 0) is 4.74 Å². The minimum absolute atomic E-state index is 0.205. The van der Waals surface area contributed by atoms with Gasteiger partial charge < -0.3 is 14.8 Å². The van der Waals surface area contributed by atoms with Crippen LogP contribution in [0.25, 0.3) is 0 Å². The standard InChI is InChI=1S/C13H16F3NO2/c14-13(15,16)19-12-3-1-11(2-4-12)17-9-10-5-7-18-8-6-10/h1-4,10,17H,5-9H2. The largest absolute Gasteiger partial charge is 0.573 e. The molecular formula is C13H16F3NO2. The summed E-state index contributed by atoms with van der Waals surface area (Å²) >= 11 is 0. The first-order valence-corrected chi connectivity index (χ1v) is 6.20. The Labute approximate surface area is 109 Å². The number of halogens is 3. The fourth-order valence-corrected chi connectivity index (χ4v) is 1.99. The molecule has 3 nitrogen and oxygen atoms in total. The number of alkyl halides is 3. The van der Waals surface area contributed by atoms with Crippen LogP contribution in [-0.4, -0.2) is 26.1 Å². The third-order valence-electron chi connectivity index (χ3n) is 3.02. The van der Waals surface area contributed by atoms with Crippen LogP contribution in [0.3, 0.4) is 0 Å². The smallest absolute Gasteiger partial charge is 0.406 e. The van der Waals surface area contributed by atoms with E-state index >= 15 is 0 Å². The van der Waals surface area contributed by atoms with E-state index in [1.807, 2.05) is 0 Å². The monoisotopic (exact) mass is 275 g/mol. The van der Waals surface area contributed by atoms with Crippen LogP contribution in [0.2, 0.25) is 0 Å². The second kappa shape index (κ2) is 6.14. The molecule has 0 amide bonds. The average Bonchev–Trinajstić information content (AvgIpc) is 2.37. The third kappa shape index (κ3) is 4.98. The predicted molar refractivity (Wildman–Crippen MR) is 65.2 cm³/mol. The minimum Gasteiger partial charge on any atom is -0.406 e. The van der Waals surface area contributed by atoms with E-state index in [4.69, 9.17) is 4.74 Å². The summed E-state index contributed by atoms with van der Waals surface area (Å²) in [4.78, 5) is 0. The number of benzene rings is 1. The molecule has 0 bridgehead atoms. The van der Waals surface area contributed by atoms with Crippen LogP contribution in [0.1, 0.15) is 12.8 Å². The Bertz CT molecular complexity index is 386. The summed E-state index contributed by atoms with van der Waals surface area (Å²) in [5.41, 5.74) is 0.793. The highest BCUT2D eigenvalue weighted by molar-refractivity contribution is 5.46. The van der Waals surface area contributed by atoms with Crippen molar-refractivity contribution in [2.75, 3.05) is 25.1 Å². The van der Waals surface area contributed by atoms with Gasteiger partial charge in [0.15, 0.2) is 0 Å². The van der Waals surface area contributed by atoms with Crippen molar-refractivity contribution in [3.05, 3.63) is 24.3 Å². The third-order valence-corrected chi connectivity index (χ3v) is 3.02. The van der Waals surface area contributed by atoms with Crippen molar-refractivity contribution in [3.8, 4) is 5.75 Å². The Kier molecular flexibility index (Phi) is 4.52. The molecule has 106 valence electrons. The Balaban J connectivity index is 1.81. The van der Waals surface area contributed by atoms with E-state index < -0.39 is 6.36 Å². The van der Waals surface area contributed by atoms with E-state index in [1.54, 1.807) is 12.1 Å². The van der Waals surface area contributed by atoms with Gasteiger partial charge in [-0.05, 0) is 43.0 Å². The van der Waals surface area contributed by atoms with Gasteiger partial charge in [-0.2, -0.15) is 0 Å². The first-order chi connectivity index (χ1) is 9.03. The zero-order valence-corrected chi connectivity index (χ0v) is 10.4. The van der Waals surface area contributed by atoms with E-state index in [-0.39, 0.29) is 5.75 Å². The number of anilines is 1. The van der Waals surface area contributed by atoms with Gasteiger partial charge in [0, 0.05) is 25.4 Å². The summed E-state index contributed by atoms with van der Waals surface area (Å²) in [6.45, 7) is 2.37. The van der Waals surface area contributed by atoms with Gasteiger partial charge in [0.05, 0.1) is 0 Å². The second-order valence-electron chi connectivity index (χ2n) is 4.51. The molecule has 1 aliphatic heterocycles. The quantitative estimate of drug-likeness (QED) is 0.913. The maximum Gasteiger partial charge on any atom is 0.573 e. The molecule has 1 aromatic rings. The van der Waals surface area contributed by atoms with Crippen molar-refractivity contribution in [2.45, 2.75) is 19.2 Å². The van der Waals surface area contributed by atoms with Gasteiger partial charge in [-0.3, -0.25) is 0 Å². The van der Waals surface area contributed by atoms with E-state index in [9.17, 15) is 13.2 Å². The minimum atomic E-state index is -4.64. The summed E-state index contributed by atoms with van der Waals surface area (Å²) in [6.07, 6.45) is -2.61. The van der Waals surface area contributed by atoms with Gasteiger partial charge in [-0.1, -0.05) is 0 Å². The van der Waals surface area contributed by atoms with Crippen molar-refractivity contribution < 1.29 is 22.6 Å². The van der Waals surface area contributed by atoms with Crippen LogP contribution >= 0.6 is 0 Å². The summed E-state index contributed by atoms with van der Waals surface area (Å²) in [7, 11) is 0. The van der Waals surface area contributed by atoms with Gasteiger partial charge in [-0.25, -0.2) is 0 Å². The van der Waals surface area contributed by atoms with Crippen molar-refractivity contribution >= 4 is 5.69 Å². The first kappa shape index (κ1) is 14.0. The number of rotatable bonds is 4. The maximum atomic E-state index is 12.0. The number of ether oxygens (including phenoxy) is 2. The molecule has 1 saturated heterocycles. The van der Waals surface area contributed by atoms with E-state index in [0.717, 1.165) is 38.3 Å². The lowest BCUT2D eigenvalue weighted by atomic mass is 10.0. The molecule has 1 aliphatic rings. The Hall–Kier alpha value is -1.43. The zero-order valence-electron chi connectivity index (χ0n) is 10.4. The SMILES string of the molecule is FC(F)(F)Oc1ccc(NCC2CCOCC2)cc1. The van der Waals surface area contributed by atoms with Crippen molar-refractivity contribution in [2.24, 2.45) is 5.92 Å². The second-order valence-corrected chi connectivity index (χ2v) is 4.51. The van der Waals surface area contributed by atoms with Crippen molar-refractivity contribution in [1.82, 2.24) is 0 Å². The Morgan fingerprint density at radius 3 is 2.37 bits per heavy atom. The van der Waals surface area contributed by atoms with Gasteiger partial charge in [0.2, 0.25) is 0 Å². The lowest BCUT2D eigenvalue weighted by Crippen LogP contribution is -2.22. The average molecular weight is 275 g/mol. The summed E-state index contributed by atoms with van der Waals surface area (Å²) in [5, 5.41) is 3.21. The molecule has 1 heterocycles. The molecule has 1 aromatic carbocycles. The Morgan fingerprint density at radius 2 is 1.79 bits per heavy atom. The lowest BCUT2D eigenvalue weighted by Gasteiger charge is -2.22. The molecule has 1 fully saturated rings. The molecule has 0 unspecified atom stereocenters. The van der Waals surface area contributed by atoms with Gasteiger partial charge in [-0.15, -0.1) is 13.2 Å². The summed E-state index contributed by atoms with van der Waals surface area (Å²) in [6, 6.07) is 5.78. The summed E-state index contributed by atoms with van der Waals surface area (Å²) < 4.78 is 45.0. The fraction of sp³-hybridized carbons (Fsp3) is 0.538. The normalized spacial score (nSPS) is 17.2. The number of hydrogen-bond acceptors (Lipinski definition) is 3. The van der Waals surface area contributed by atoms with E-state index in [1.165, 1.54) is 12.1 Å². The molecule has 0 radical (unpaired) electrons. The van der Waals surface area contributed by atoms with Gasteiger partial charge in [0.25, 0.3) is 0 Å². The van der Waals surface area contributed by atoms with Crippen molar-refractivity contribution in [3.63, 3.8) is 0 Å². The number of hydrogen-bond donors (Lipinski definition) is 1. The maximum absolute atomic E-state index is 12.0. The molecule has 6 heteroatoms. The molecule has 2 rings (SSSR count). The topological polar surface area (TPSA) is 30.5 Å². The van der Waals surface area contributed by atoms with E-state index in [0.29, 0.717) is 5.92 Å². The van der Waals surface area contributed by atoms with Gasteiger partial charge >= 0.3 is 6.36 Å². The molecule has 19 heavy (non-hydrogen) atoms. The van der Waals surface area contributed by atoms with E-state index in [2.05, 4.69) is 10.1 Å². The molecule has 0 atom stereocenters. The van der Waals surface area contributed by atoms with Crippen LogP contribution in [0, 0.1) is 5.92 Å². The molecule has 0 aromatic heterocycles. The molecular weight excluding hydrogens is 259 g/mol. The van der Waals surface area contributed by atoms with Crippen molar-refractivity contribution in [1.29, 1.82) is 0 Å². The molecule has 0 aliphatic carbocycles. The van der Waals surface area contributed by atoms with Crippen LogP contribution in [0.15, 0.2) is 24.3 Å². The number of nitrogens with one attached hydrogen (secondary N) is 1. The first-order valence-electron chi connectivity index (χ1n) is 6.20. The highest BCUT2D eigenvalue weighted by Gasteiger charge is 2.30. The highest BCUT2D eigenvalue weighted by Crippen LogP contribution is 2.24. The molecule has 0 spiro atoms. The zero-order chi connectivity index (χ0) is 13.7. The fourth-order valence-electron chi connectivity index (χ4n) is 1.99. The van der Waals surface area contributed by atoms with Crippen LogP contribution in [0.5, 0.6) is 5.75 Å². The summed E-state index contributed by atoms with van der Waals surface area (Å²) in [5.74, 6) is 0.351. The molecule has 0 saturated carbocycles. The lowest BCUT2D eigenvalue weighted by molar-refractivity contribution is -0.274.